The normalized spacial score (nSPS) is 13.6. The first-order valence-corrected chi connectivity index (χ1v) is 36.3. The van der Waals surface area contributed by atoms with Gasteiger partial charge in [-0.25, -0.2) is 14.2 Å². The molecule has 3 heterocycles. The molecule has 1 unspecified atom stereocenters. The molecule has 7 amide bonds. The molecule has 554 valence electrons. The number of anilines is 3. The van der Waals surface area contributed by atoms with Gasteiger partial charge in [0.05, 0.1) is 120 Å². The van der Waals surface area contributed by atoms with Crippen LogP contribution in [0.3, 0.4) is 0 Å². The van der Waals surface area contributed by atoms with Gasteiger partial charge in [-0.2, -0.15) is 0 Å². The van der Waals surface area contributed by atoms with Gasteiger partial charge in [-0.05, 0) is 64.1 Å². The van der Waals surface area contributed by atoms with Gasteiger partial charge in [-0.15, -0.1) is 22.9 Å². The molecule has 32 heteroatoms. The van der Waals surface area contributed by atoms with Crippen molar-refractivity contribution in [1.29, 1.82) is 0 Å². The summed E-state index contributed by atoms with van der Waals surface area (Å²) in [6.45, 7) is 9.06. The second kappa shape index (κ2) is 40.8. The standard InChI is InChI=1S/C70H90ClN8O21PS/c1-47(2)65(75-62(80)20-27-92-31-33-94-35-37-96-39-40-97-38-36-95-34-32-93-28-21-72)66(82)73-44-63(81)74-50-15-13-48(14-16-50)46-98-69(85)76(25-29-90-3)23-24-77(26-30-91-4)70(86)99-58-41-56-52(51-9-5-6-10-53(51)58)19-22-78(56)67(83)60-17-18-61(102-60)68(84)79-45-49(43-71)64-55-12-8-7-11-54(55)59(42-57(64)79)100-101(87,88)89/h5-18,41-42,47,49,65H,19-40,43-46,72H2,1-4H3,(H,73,82)(H,74,81)(H,75,80)(H2,87,88,89)/t49-,65?/m1/s1. The maximum atomic E-state index is 14.6. The lowest BCUT2D eigenvalue weighted by Gasteiger charge is -2.27. The summed E-state index contributed by atoms with van der Waals surface area (Å²) in [6, 6.07) is 26.2. The molecule has 0 aliphatic carbocycles. The lowest BCUT2D eigenvalue weighted by Crippen LogP contribution is -2.51. The Morgan fingerprint density at radius 2 is 1.17 bits per heavy atom. The highest BCUT2D eigenvalue weighted by Crippen LogP contribution is 2.50. The van der Waals surface area contributed by atoms with Crippen molar-refractivity contribution in [2.45, 2.75) is 45.3 Å². The molecule has 0 radical (unpaired) electrons. The van der Waals surface area contributed by atoms with E-state index in [1.807, 2.05) is 24.3 Å². The topological polar surface area (TPSA) is 354 Å². The summed E-state index contributed by atoms with van der Waals surface area (Å²) in [6.07, 6.45) is -0.962. The van der Waals surface area contributed by atoms with Crippen LogP contribution >= 0.6 is 30.8 Å². The number of hydrogen-bond acceptors (Lipinski definition) is 21. The fourth-order valence-corrected chi connectivity index (χ4v) is 12.9. The predicted octanol–water partition coefficient (Wildman–Crippen LogP) is 7.09. The van der Waals surface area contributed by atoms with Crippen LogP contribution in [0.2, 0.25) is 0 Å². The second-order valence-corrected chi connectivity index (χ2v) is 26.4. The van der Waals surface area contributed by atoms with Gasteiger partial charge in [0.1, 0.15) is 24.1 Å². The molecule has 0 spiro atoms. The Morgan fingerprint density at radius 1 is 0.637 bits per heavy atom. The molecule has 2 aliphatic rings. The molecule has 8 rings (SSSR count). The zero-order valence-electron chi connectivity index (χ0n) is 57.6. The first kappa shape index (κ1) is 79.8. The van der Waals surface area contributed by atoms with Gasteiger partial charge in [0.15, 0.2) is 0 Å². The lowest BCUT2D eigenvalue weighted by molar-refractivity contribution is -0.131. The number of nitrogens with zero attached hydrogens (tertiary/aromatic N) is 4. The van der Waals surface area contributed by atoms with Gasteiger partial charge in [0.25, 0.3) is 11.8 Å². The van der Waals surface area contributed by atoms with E-state index in [2.05, 4.69) is 16.0 Å². The minimum absolute atomic E-state index is 0.000259. The number of phosphoric ester groups is 1. The van der Waals surface area contributed by atoms with Crippen LogP contribution in [0.25, 0.3) is 21.5 Å². The van der Waals surface area contributed by atoms with Crippen molar-refractivity contribution in [2.75, 3.05) is 180 Å². The number of benzene rings is 5. The molecule has 0 saturated heterocycles. The fourth-order valence-electron chi connectivity index (χ4n) is 11.3. The number of carbonyl (C=O) groups is 7. The smallest absolute Gasteiger partial charge is 0.445 e. The van der Waals surface area contributed by atoms with E-state index < -0.39 is 55.6 Å². The zero-order valence-corrected chi connectivity index (χ0v) is 60.1. The van der Waals surface area contributed by atoms with E-state index in [0.29, 0.717) is 118 Å². The minimum atomic E-state index is -5.00. The fraction of sp³-hybridized carbons (Fsp3) is 0.471. The Balaban J connectivity index is 0.783. The number of rotatable bonds is 43. The van der Waals surface area contributed by atoms with E-state index in [4.69, 9.17) is 69.2 Å². The van der Waals surface area contributed by atoms with Crippen molar-refractivity contribution in [3.8, 4) is 11.5 Å². The number of halogens is 1. The number of nitrogens with one attached hydrogen (secondary N) is 3. The molecule has 7 N–H and O–H groups in total. The molecule has 1 aromatic heterocycles. The van der Waals surface area contributed by atoms with Crippen LogP contribution in [-0.4, -0.2) is 232 Å². The number of nitrogens with two attached hydrogens (primary N) is 1. The van der Waals surface area contributed by atoms with Gasteiger partial charge in [-0.1, -0.05) is 74.5 Å². The van der Waals surface area contributed by atoms with E-state index in [9.17, 15) is 47.9 Å². The number of hydrogen-bond donors (Lipinski definition) is 6. The van der Waals surface area contributed by atoms with Crippen molar-refractivity contribution >= 4 is 111 Å². The summed E-state index contributed by atoms with van der Waals surface area (Å²) in [4.78, 5) is 122. The van der Waals surface area contributed by atoms with Crippen molar-refractivity contribution in [2.24, 2.45) is 11.7 Å². The summed E-state index contributed by atoms with van der Waals surface area (Å²) in [7, 11) is -2.02. The first-order valence-electron chi connectivity index (χ1n) is 33.5. The molecule has 29 nitrogen and oxygen atoms in total. The maximum absolute atomic E-state index is 14.6. The second-order valence-electron chi connectivity index (χ2n) is 23.8. The zero-order chi connectivity index (χ0) is 73.0. The quantitative estimate of drug-likeness (QED) is 0.0126. The molecule has 6 aromatic rings. The Labute approximate surface area is 600 Å². The third kappa shape index (κ3) is 23.3. The van der Waals surface area contributed by atoms with Crippen LogP contribution in [0, 0.1) is 5.92 Å². The van der Waals surface area contributed by atoms with E-state index in [0.717, 1.165) is 27.8 Å². The number of ether oxygens (including phenoxy) is 10. The van der Waals surface area contributed by atoms with Crippen LogP contribution in [0.4, 0.5) is 26.7 Å². The highest BCUT2D eigenvalue weighted by atomic mass is 35.5. The molecule has 5 aromatic carbocycles. The van der Waals surface area contributed by atoms with Crippen molar-refractivity contribution in [1.82, 2.24) is 20.4 Å². The molecule has 2 atom stereocenters. The Bertz CT molecular complexity index is 3830. The third-order valence-electron chi connectivity index (χ3n) is 16.4. The summed E-state index contributed by atoms with van der Waals surface area (Å²) in [5.41, 5.74) is 8.85. The van der Waals surface area contributed by atoms with Crippen molar-refractivity contribution < 1.29 is 99.8 Å². The highest BCUT2D eigenvalue weighted by Gasteiger charge is 2.38. The number of phosphoric acid groups is 1. The molecule has 102 heavy (non-hydrogen) atoms. The van der Waals surface area contributed by atoms with E-state index in [1.165, 1.54) is 35.0 Å². The number of thiophene rings is 1. The van der Waals surface area contributed by atoms with E-state index >= 15 is 0 Å². The minimum Gasteiger partial charge on any atom is -0.445 e. The average molecular weight is 1480 g/mol. The third-order valence-corrected chi connectivity index (χ3v) is 18.3. The van der Waals surface area contributed by atoms with Gasteiger partial charge < -0.3 is 93.2 Å². The van der Waals surface area contributed by atoms with Crippen LogP contribution in [0.5, 0.6) is 11.5 Å². The first-order chi connectivity index (χ1) is 49.3. The number of fused-ring (bicyclic) bond motifs is 6. The Morgan fingerprint density at radius 3 is 1.73 bits per heavy atom. The maximum Gasteiger partial charge on any atom is 0.524 e. The molecule has 0 bridgehead atoms. The monoisotopic (exact) mass is 1480 g/mol. The van der Waals surface area contributed by atoms with Crippen LogP contribution < -0.4 is 40.7 Å². The number of methoxy groups -OCH3 is 2. The lowest BCUT2D eigenvalue weighted by atomic mass is 9.95. The van der Waals surface area contributed by atoms with Gasteiger partial charge in [0, 0.05) is 107 Å². The van der Waals surface area contributed by atoms with Gasteiger partial charge in [0.2, 0.25) is 17.7 Å². The van der Waals surface area contributed by atoms with Crippen LogP contribution in [-0.2, 0) is 74.6 Å². The van der Waals surface area contributed by atoms with E-state index in [1.54, 1.807) is 85.5 Å². The summed E-state index contributed by atoms with van der Waals surface area (Å²) in [5.74, 6) is -2.68. The average Bonchev–Trinajstić information content (AvgIpc) is 1.57. The highest BCUT2D eigenvalue weighted by molar-refractivity contribution is 7.46. The predicted molar refractivity (Wildman–Crippen MR) is 382 cm³/mol. The molecular weight excluding hydrogens is 1390 g/mol. The molecular formula is C70H90ClN8O21PS. The SMILES string of the molecule is COCCN(CCN(CCOC)C(=O)Oc1cc2c(c3ccccc13)CCN2C(=O)c1ccc(C(=O)N2C[C@@H](CCl)c3c2cc(OP(=O)(O)O)c2ccccc32)s1)C(=O)OCc1ccc(NC(=O)CNC(=O)C(NC(=O)CCOCCOCCOCCOCCOCCOCCN)C(C)C)cc1. The molecule has 2 aliphatic heterocycles. The van der Waals surface area contributed by atoms with Crippen LogP contribution in [0.1, 0.15) is 62.2 Å². The number of carbonyl (C=O) groups excluding carboxylic acids is 7. The summed E-state index contributed by atoms with van der Waals surface area (Å²) < 4.78 is 72.4. The summed E-state index contributed by atoms with van der Waals surface area (Å²) >= 11 is 7.48. The van der Waals surface area contributed by atoms with Crippen molar-refractivity contribution in [3.05, 3.63) is 124 Å². The number of alkyl halides is 1. The van der Waals surface area contributed by atoms with Crippen LogP contribution in [0.15, 0.2) is 97.1 Å². The van der Waals surface area contributed by atoms with E-state index in [-0.39, 0.29) is 124 Å². The molecule has 0 saturated carbocycles. The van der Waals surface area contributed by atoms with Gasteiger partial charge in [-0.3, -0.25) is 33.8 Å². The van der Waals surface area contributed by atoms with Crippen molar-refractivity contribution in [3.63, 3.8) is 0 Å². The molecule has 0 fully saturated rings. The Hall–Kier alpha value is -7.91. The Kier molecular flexibility index (Phi) is 31.9. The largest absolute Gasteiger partial charge is 0.524 e. The number of amides is 7. The summed E-state index contributed by atoms with van der Waals surface area (Å²) in [5, 5.41) is 10.5. The van der Waals surface area contributed by atoms with Gasteiger partial charge >= 0.3 is 20.0 Å².